The molecule has 0 unspecified atom stereocenters. The predicted molar refractivity (Wildman–Crippen MR) is 152 cm³/mol. The van der Waals surface area contributed by atoms with Crippen LogP contribution >= 0.6 is 0 Å². The molecular weight excluding hydrogens is 492 g/mol. The van der Waals surface area contributed by atoms with Crippen molar-refractivity contribution in [2.75, 3.05) is 13.7 Å². The SMILES string of the molecule is CCCCCCCCCCCC(=O)O[C@H]1C(C)=C[C@]23C(=O)[C@@H](C=C(COC)[C@@H](O)[C@]12O)[C@H]1[C@@H](C[C@H]3C)C1(C)C. The standard InChI is InChI=1S/C33H52O6/c1-7-8-9-10-11-12-13-14-15-16-26(34)39-30-21(2)19-32-22(3)17-25-27(31(25,4)5)24(29(32)36)18-23(20-38-6)28(35)33(30,32)37/h18-19,22,24-25,27-28,30,35,37H,7-17,20H2,1-6H3/t22-,24+,25-,27+,28-,30+,32+,33+/m1/s1. The van der Waals surface area contributed by atoms with Gasteiger partial charge >= 0.3 is 5.97 Å². The Labute approximate surface area is 235 Å². The van der Waals surface area contributed by atoms with Crippen LogP contribution in [0.4, 0.5) is 0 Å². The molecule has 0 amide bonds. The number of hydrogen-bond donors (Lipinski definition) is 2. The first-order valence-corrected chi connectivity index (χ1v) is 15.5. The first-order chi connectivity index (χ1) is 18.5. The number of allylic oxidation sites excluding steroid dienone is 1. The maximum atomic E-state index is 14.5. The van der Waals surface area contributed by atoms with Crippen LogP contribution in [-0.2, 0) is 19.1 Å². The number of ether oxygens (including phenoxy) is 2. The second-order valence-electron chi connectivity index (χ2n) is 13.6. The zero-order valence-corrected chi connectivity index (χ0v) is 25.1. The first-order valence-electron chi connectivity index (χ1n) is 15.5. The average Bonchev–Trinajstić information content (AvgIpc) is 3.38. The molecule has 2 bridgehead atoms. The summed E-state index contributed by atoms with van der Waals surface area (Å²) in [5.74, 6) is -0.543. The third-order valence-electron chi connectivity index (χ3n) is 10.8. The molecule has 4 aliphatic carbocycles. The maximum Gasteiger partial charge on any atom is 0.306 e. The lowest BCUT2D eigenvalue weighted by molar-refractivity contribution is -0.203. The van der Waals surface area contributed by atoms with E-state index < -0.39 is 29.1 Å². The summed E-state index contributed by atoms with van der Waals surface area (Å²) in [6.07, 6.45) is 12.7. The van der Waals surface area contributed by atoms with Crippen molar-refractivity contribution in [1.29, 1.82) is 0 Å². The molecule has 0 aliphatic heterocycles. The minimum atomic E-state index is -1.97. The predicted octanol–water partition coefficient (Wildman–Crippen LogP) is 5.94. The summed E-state index contributed by atoms with van der Waals surface area (Å²) >= 11 is 0. The Morgan fingerprint density at radius 3 is 2.31 bits per heavy atom. The van der Waals surface area contributed by atoms with E-state index >= 15 is 0 Å². The summed E-state index contributed by atoms with van der Waals surface area (Å²) in [4.78, 5) is 27.5. The summed E-state index contributed by atoms with van der Waals surface area (Å²) in [5, 5.41) is 24.4. The fourth-order valence-corrected chi connectivity index (χ4v) is 8.52. The van der Waals surface area contributed by atoms with Crippen LogP contribution in [0.5, 0.6) is 0 Å². The Bertz CT molecular complexity index is 981. The van der Waals surface area contributed by atoms with Crippen LogP contribution in [0.25, 0.3) is 0 Å². The van der Waals surface area contributed by atoms with Gasteiger partial charge in [0.2, 0.25) is 0 Å². The highest BCUT2D eigenvalue weighted by Crippen LogP contribution is 2.71. The summed E-state index contributed by atoms with van der Waals surface area (Å²) in [5.41, 5.74) is -2.12. The first kappa shape index (κ1) is 30.5. The molecule has 2 saturated carbocycles. The number of carbonyl (C=O) groups is 2. The lowest BCUT2D eigenvalue weighted by Gasteiger charge is -2.48. The van der Waals surface area contributed by atoms with E-state index in [-0.39, 0.29) is 42.0 Å². The van der Waals surface area contributed by atoms with Crippen LogP contribution < -0.4 is 0 Å². The molecule has 8 atom stereocenters. The normalized spacial score (nSPS) is 38.2. The molecule has 0 heterocycles. The van der Waals surface area contributed by atoms with Crippen molar-refractivity contribution in [3.63, 3.8) is 0 Å². The number of aliphatic hydroxyl groups excluding tert-OH is 1. The number of carbonyl (C=O) groups excluding carboxylic acids is 2. The molecule has 2 fully saturated rings. The van der Waals surface area contributed by atoms with Gasteiger partial charge in [-0.2, -0.15) is 0 Å². The zero-order chi connectivity index (χ0) is 28.6. The van der Waals surface area contributed by atoms with E-state index in [4.69, 9.17) is 9.47 Å². The topological polar surface area (TPSA) is 93.1 Å². The minimum Gasteiger partial charge on any atom is -0.455 e. The molecule has 6 nitrogen and oxygen atoms in total. The van der Waals surface area contributed by atoms with Crippen LogP contribution in [-0.4, -0.2) is 53.5 Å². The number of rotatable bonds is 13. The number of ketones is 1. The van der Waals surface area contributed by atoms with Gasteiger partial charge in [0.05, 0.1) is 12.0 Å². The second kappa shape index (κ2) is 11.8. The van der Waals surface area contributed by atoms with Crippen molar-refractivity contribution < 1.29 is 29.3 Å². The van der Waals surface area contributed by atoms with Gasteiger partial charge in [0, 0.05) is 19.4 Å². The second-order valence-corrected chi connectivity index (χ2v) is 13.6. The van der Waals surface area contributed by atoms with Gasteiger partial charge in [-0.1, -0.05) is 91.2 Å². The zero-order valence-electron chi connectivity index (χ0n) is 25.1. The van der Waals surface area contributed by atoms with E-state index in [9.17, 15) is 19.8 Å². The third-order valence-corrected chi connectivity index (χ3v) is 10.8. The molecule has 6 heteroatoms. The van der Waals surface area contributed by atoms with Gasteiger partial charge in [-0.05, 0) is 54.1 Å². The summed E-state index contributed by atoms with van der Waals surface area (Å²) in [6.45, 7) is 10.6. The molecular formula is C33H52O6. The molecule has 0 aromatic heterocycles. The van der Waals surface area contributed by atoms with Gasteiger partial charge < -0.3 is 19.7 Å². The Hall–Kier alpha value is -1.50. The lowest BCUT2D eigenvalue weighted by Crippen LogP contribution is -2.65. The van der Waals surface area contributed by atoms with Crippen molar-refractivity contribution in [2.24, 2.45) is 34.5 Å². The number of aliphatic hydroxyl groups is 2. The van der Waals surface area contributed by atoms with E-state index in [1.165, 1.54) is 38.5 Å². The molecule has 0 saturated heterocycles. The van der Waals surface area contributed by atoms with Gasteiger partial charge in [0.25, 0.3) is 0 Å². The Kier molecular flexibility index (Phi) is 9.20. The van der Waals surface area contributed by atoms with E-state index in [0.29, 0.717) is 17.1 Å². The molecule has 220 valence electrons. The number of unbranched alkanes of at least 4 members (excludes halogenated alkanes) is 8. The number of fused-ring (bicyclic) bond motifs is 3. The number of Topliss-reactive ketones (excluding diaryl/α,β-unsaturated/α-hetero) is 1. The third kappa shape index (κ3) is 5.08. The van der Waals surface area contributed by atoms with E-state index in [0.717, 1.165) is 25.7 Å². The Morgan fingerprint density at radius 2 is 1.69 bits per heavy atom. The largest absolute Gasteiger partial charge is 0.455 e. The van der Waals surface area contributed by atoms with Crippen molar-refractivity contribution in [1.82, 2.24) is 0 Å². The minimum absolute atomic E-state index is 0.0248. The number of esters is 1. The van der Waals surface area contributed by atoms with Crippen LogP contribution in [0.3, 0.4) is 0 Å². The summed E-state index contributed by atoms with van der Waals surface area (Å²) in [6, 6.07) is 0. The van der Waals surface area contributed by atoms with Gasteiger partial charge in [-0.25, -0.2) is 0 Å². The molecule has 0 radical (unpaired) electrons. The van der Waals surface area contributed by atoms with Crippen molar-refractivity contribution in [3.8, 4) is 0 Å². The molecule has 0 aromatic carbocycles. The molecule has 4 rings (SSSR count). The molecule has 0 aromatic rings. The van der Waals surface area contributed by atoms with E-state index in [1.807, 2.05) is 26.0 Å². The highest BCUT2D eigenvalue weighted by Gasteiger charge is 2.76. The molecule has 2 N–H and O–H groups in total. The highest BCUT2D eigenvalue weighted by atomic mass is 16.6. The van der Waals surface area contributed by atoms with Crippen molar-refractivity contribution in [2.45, 2.75) is 123 Å². The van der Waals surface area contributed by atoms with E-state index in [2.05, 4.69) is 20.8 Å². The van der Waals surface area contributed by atoms with Gasteiger partial charge in [0.15, 0.2) is 17.5 Å². The van der Waals surface area contributed by atoms with Gasteiger partial charge in [-0.3, -0.25) is 9.59 Å². The van der Waals surface area contributed by atoms with Gasteiger partial charge in [-0.15, -0.1) is 0 Å². The van der Waals surface area contributed by atoms with Crippen LogP contribution in [0.15, 0.2) is 23.3 Å². The summed E-state index contributed by atoms with van der Waals surface area (Å²) < 4.78 is 11.4. The quantitative estimate of drug-likeness (QED) is 0.169. The fraction of sp³-hybridized carbons (Fsp3) is 0.818. The maximum absolute atomic E-state index is 14.5. The van der Waals surface area contributed by atoms with Crippen LogP contribution in [0.2, 0.25) is 0 Å². The van der Waals surface area contributed by atoms with Gasteiger partial charge in [0.1, 0.15) is 6.10 Å². The highest BCUT2D eigenvalue weighted by molar-refractivity contribution is 5.95. The average molecular weight is 545 g/mol. The van der Waals surface area contributed by atoms with Crippen molar-refractivity contribution in [3.05, 3.63) is 23.3 Å². The van der Waals surface area contributed by atoms with E-state index in [1.54, 1.807) is 7.11 Å². The smallest absolute Gasteiger partial charge is 0.306 e. The lowest BCUT2D eigenvalue weighted by atomic mass is 9.59. The Balaban J connectivity index is 1.50. The fourth-order valence-electron chi connectivity index (χ4n) is 8.52. The van der Waals surface area contributed by atoms with Crippen molar-refractivity contribution >= 4 is 11.8 Å². The monoisotopic (exact) mass is 544 g/mol. The Morgan fingerprint density at radius 1 is 1.08 bits per heavy atom. The van der Waals surface area contributed by atoms with Crippen LogP contribution in [0, 0.1) is 34.5 Å². The molecule has 4 aliphatic rings. The molecule has 39 heavy (non-hydrogen) atoms. The van der Waals surface area contributed by atoms with Crippen LogP contribution in [0.1, 0.15) is 105 Å². The number of hydrogen-bond acceptors (Lipinski definition) is 6. The molecule has 1 spiro atoms. The number of methoxy groups -OCH3 is 1. The summed E-state index contributed by atoms with van der Waals surface area (Å²) in [7, 11) is 1.55.